The lowest BCUT2D eigenvalue weighted by Gasteiger charge is -2.20. The molecule has 2 unspecified atom stereocenters. The summed E-state index contributed by atoms with van der Waals surface area (Å²) in [5.74, 6) is 0.784. The van der Waals surface area contributed by atoms with Crippen LogP contribution < -0.4 is 10.6 Å². The Morgan fingerprint density at radius 2 is 2.14 bits per heavy atom. The number of amides is 1. The number of benzene rings is 1. The molecule has 2 rings (SSSR count). The van der Waals surface area contributed by atoms with Gasteiger partial charge >= 0.3 is 6.18 Å². The molecule has 0 aromatic heterocycles. The van der Waals surface area contributed by atoms with Crippen molar-refractivity contribution >= 4 is 11.9 Å². The first-order chi connectivity index (χ1) is 13.2. The molecule has 2 atom stereocenters. The average molecular weight is 398 g/mol. The fraction of sp³-hybridized carbons (Fsp3) is 0.600. The van der Waals surface area contributed by atoms with Crippen LogP contribution in [0.2, 0.25) is 0 Å². The van der Waals surface area contributed by atoms with E-state index in [1.165, 1.54) is 12.1 Å². The Morgan fingerprint density at radius 1 is 1.39 bits per heavy atom. The maximum atomic E-state index is 12.9. The van der Waals surface area contributed by atoms with Gasteiger partial charge in [-0.25, -0.2) is 0 Å². The molecule has 0 radical (unpaired) electrons. The SMILES string of the molecule is CCC(=O)N1CCC(NC(=NC)NCCC(C)c2cccc(C(F)(F)F)c2)C1. The van der Waals surface area contributed by atoms with E-state index in [4.69, 9.17) is 0 Å². The highest BCUT2D eigenvalue weighted by Gasteiger charge is 2.30. The molecule has 1 aliphatic heterocycles. The lowest BCUT2D eigenvalue weighted by atomic mass is 9.96. The van der Waals surface area contributed by atoms with E-state index >= 15 is 0 Å². The van der Waals surface area contributed by atoms with Crippen molar-refractivity contribution in [3.63, 3.8) is 0 Å². The number of nitrogens with zero attached hydrogens (tertiary/aromatic N) is 2. The van der Waals surface area contributed by atoms with Gasteiger partial charge in [0.15, 0.2) is 5.96 Å². The molecule has 28 heavy (non-hydrogen) atoms. The third-order valence-electron chi connectivity index (χ3n) is 5.06. The summed E-state index contributed by atoms with van der Waals surface area (Å²) >= 11 is 0. The molecular formula is C20H29F3N4O. The van der Waals surface area contributed by atoms with Crippen LogP contribution >= 0.6 is 0 Å². The van der Waals surface area contributed by atoms with Gasteiger partial charge in [0.25, 0.3) is 0 Å². The zero-order valence-electron chi connectivity index (χ0n) is 16.6. The fourth-order valence-corrected chi connectivity index (χ4v) is 3.31. The zero-order valence-corrected chi connectivity index (χ0v) is 16.6. The van der Waals surface area contributed by atoms with Crippen LogP contribution in [0.25, 0.3) is 0 Å². The van der Waals surface area contributed by atoms with Crippen LogP contribution in [0.5, 0.6) is 0 Å². The van der Waals surface area contributed by atoms with Gasteiger partial charge in [-0.05, 0) is 30.4 Å². The van der Waals surface area contributed by atoms with Gasteiger partial charge in [-0.1, -0.05) is 32.0 Å². The first-order valence-corrected chi connectivity index (χ1v) is 9.66. The molecule has 1 aliphatic rings. The summed E-state index contributed by atoms with van der Waals surface area (Å²) in [6, 6.07) is 5.64. The molecule has 1 aromatic carbocycles. The Bertz CT molecular complexity index is 690. The van der Waals surface area contributed by atoms with E-state index in [9.17, 15) is 18.0 Å². The van der Waals surface area contributed by atoms with Gasteiger partial charge in [-0.15, -0.1) is 0 Å². The van der Waals surface area contributed by atoms with Crippen molar-refractivity contribution < 1.29 is 18.0 Å². The van der Waals surface area contributed by atoms with Gasteiger partial charge in [-0.2, -0.15) is 13.2 Å². The number of rotatable bonds is 6. The number of hydrogen-bond acceptors (Lipinski definition) is 2. The van der Waals surface area contributed by atoms with Crippen LogP contribution in [0.4, 0.5) is 13.2 Å². The second kappa shape index (κ2) is 9.80. The van der Waals surface area contributed by atoms with Crippen LogP contribution in [-0.2, 0) is 11.0 Å². The quantitative estimate of drug-likeness (QED) is 0.571. The first kappa shape index (κ1) is 22.0. The minimum absolute atomic E-state index is 0.0166. The number of aliphatic imine (C=N–C) groups is 1. The predicted octanol–water partition coefficient (Wildman–Crippen LogP) is 3.37. The lowest BCUT2D eigenvalue weighted by Crippen LogP contribution is -2.45. The zero-order chi connectivity index (χ0) is 20.7. The molecule has 0 bridgehead atoms. The van der Waals surface area contributed by atoms with Crippen molar-refractivity contribution in [3.05, 3.63) is 35.4 Å². The van der Waals surface area contributed by atoms with Gasteiger partial charge in [-0.3, -0.25) is 9.79 Å². The second-order valence-electron chi connectivity index (χ2n) is 7.14. The largest absolute Gasteiger partial charge is 0.416 e. The minimum atomic E-state index is -4.33. The first-order valence-electron chi connectivity index (χ1n) is 9.66. The van der Waals surface area contributed by atoms with Gasteiger partial charge in [0, 0.05) is 39.1 Å². The summed E-state index contributed by atoms with van der Waals surface area (Å²) in [4.78, 5) is 17.8. The number of likely N-dealkylation sites (tertiary alicyclic amines) is 1. The van der Waals surface area contributed by atoms with Crippen molar-refractivity contribution in [1.29, 1.82) is 0 Å². The van der Waals surface area contributed by atoms with Crippen LogP contribution in [-0.4, -0.2) is 49.5 Å². The van der Waals surface area contributed by atoms with Gasteiger partial charge in [0.05, 0.1) is 5.56 Å². The van der Waals surface area contributed by atoms with E-state index in [1.807, 2.05) is 18.7 Å². The maximum Gasteiger partial charge on any atom is 0.416 e. The number of alkyl halides is 3. The van der Waals surface area contributed by atoms with Crippen molar-refractivity contribution in [2.45, 2.75) is 51.2 Å². The molecule has 1 aromatic rings. The number of nitrogens with one attached hydrogen (secondary N) is 2. The monoisotopic (exact) mass is 398 g/mol. The molecule has 5 nitrogen and oxygen atoms in total. The van der Waals surface area contributed by atoms with Gasteiger partial charge in [0.1, 0.15) is 0 Å². The Hall–Kier alpha value is -2.25. The van der Waals surface area contributed by atoms with Crippen LogP contribution in [0, 0.1) is 0 Å². The average Bonchev–Trinajstić information content (AvgIpc) is 3.14. The fourth-order valence-electron chi connectivity index (χ4n) is 3.31. The maximum absolute atomic E-state index is 12.9. The smallest absolute Gasteiger partial charge is 0.356 e. The molecule has 0 spiro atoms. The van der Waals surface area contributed by atoms with E-state index in [0.29, 0.717) is 37.5 Å². The lowest BCUT2D eigenvalue weighted by molar-refractivity contribution is -0.137. The van der Waals surface area contributed by atoms with Crippen molar-refractivity contribution in [1.82, 2.24) is 15.5 Å². The third-order valence-corrected chi connectivity index (χ3v) is 5.06. The van der Waals surface area contributed by atoms with Gasteiger partial charge < -0.3 is 15.5 Å². The third kappa shape index (κ3) is 6.14. The highest BCUT2D eigenvalue weighted by Crippen LogP contribution is 2.31. The molecular weight excluding hydrogens is 369 g/mol. The summed E-state index contributed by atoms with van der Waals surface area (Å²) in [5, 5.41) is 6.53. The molecule has 1 amide bonds. The van der Waals surface area contributed by atoms with E-state index < -0.39 is 11.7 Å². The van der Waals surface area contributed by atoms with E-state index in [-0.39, 0.29) is 17.9 Å². The Labute approximate surface area is 164 Å². The number of hydrogen-bond donors (Lipinski definition) is 2. The normalized spacial score (nSPS) is 18.9. The van der Waals surface area contributed by atoms with Crippen LogP contribution in [0.3, 0.4) is 0 Å². The molecule has 1 fully saturated rings. The van der Waals surface area contributed by atoms with E-state index in [2.05, 4.69) is 15.6 Å². The molecule has 1 saturated heterocycles. The number of carbonyl (C=O) groups is 1. The van der Waals surface area contributed by atoms with Crippen molar-refractivity contribution in [2.24, 2.45) is 4.99 Å². The molecule has 8 heteroatoms. The summed E-state index contributed by atoms with van der Waals surface area (Å²) in [7, 11) is 1.68. The highest BCUT2D eigenvalue weighted by atomic mass is 19.4. The molecule has 2 N–H and O–H groups in total. The second-order valence-corrected chi connectivity index (χ2v) is 7.14. The number of halogens is 3. The minimum Gasteiger partial charge on any atom is -0.356 e. The number of guanidine groups is 1. The predicted molar refractivity (Wildman–Crippen MR) is 104 cm³/mol. The summed E-state index contributed by atoms with van der Waals surface area (Å²) in [6.45, 7) is 5.76. The summed E-state index contributed by atoms with van der Waals surface area (Å²) < 4.78 is 38.6. The van der Waals surface area contributed by atoms with Crippen LogP contribution in [0.15, 0.2) is 29.3 Å². The highest BCUT2D eigenvalue weighted by molar-refractivity contribution is 5.80. The number of carbonyl (C=O) groups excluding carboxylic acids is 1. The molecule has 156 valence electrons. The van der Waals surface area contributed by atoms with Crippen molar-refractivity contribution in [3.8, 4) is 0 Å². The van der Waals surface area contributed by atoms with E-state index in [1.54, 1.807) is 13.1 Å². The Morgan fingerprint density at radius 3 is 2.79 bits per heavy atom. The topological polar surface area (TPSA) is 56.7 Å². The summed E-state index contributed by atoms with van der Waals surface area (Å²) in [5.41, 5.74) is 0.0544. The Kier molecular flexibility index (Phi) is 7.71. The molecule has 1 heterocycles. The standard InChI is InChI=1S/C20H29F3N4O/c1-4-18(28)27-11-9-17(13-27)26-19(24-3)25-10-8-14(2)15-6-5-7-16(12-15)20(21,22)23/h5-7,12,14,17H,4,8-11,13H2,1-3H3,(H2,24,25,26). The molecule has 0 saturated carbocycles. The van der Waals surface area contributed by atoms with E-state index in [0.717, 1.165) is 19.0 Å². The molecule has 0 aliphatic carbocycles. The van der Waals surface area contributed by atoms with Crippen molar-refractivity contribution in [2.75, 3.05) is 26.7 Å². The van der Waals surface area contributed by atoms with Crippen LogP contribution in [0.1, 0.15) is 50.2 Å². The van der Waals surface area contributed by atoms with Gasteiger partial charge in [0.2, 0.25) is 5.91 Å². The Balaban J connectivity index is 1.81. The summed E-state index contributed by atoms with van der Waals surface area (Å²) in [6.07, 6.45) is -2.28.